The number of unbranched alkanes of at least 4 members (excludes halogenated alkanes) is 2. The quantitative estimate of drug-likeness (QED) is 0.0970. The summed E-state index contributed by atoms with van der Waals surface area (Å²) in [4.78, 5) is 34.8. The van der Waals surface area contributed by atoms with Gasteiger partial charge in [-0.3, -0.25) is 19.7 Å². The van der Waals surface area contributed by atoms with Crippen LogP contribution in [0.5, 0.6) is 0 Å². The molecule has 2 heterocycles. The first kappa shape index (κ1) is 27.7. The molecule has 0 spiro atoms. The molecule has 192 valence electrons. The number of hydrogen-bond acceptors (Lipinski definition) is 9. The van der Waals surface area contributed by atoms with Gasteiger partial charge in [-0.15, -0.1) is 0 Å². The molecule has 1 aromatic heterocycles. The highest BCUT2D eigenvalue weighted by atomic mass is 19.4. The van der Waals surface area contributed by atoms with Gasteiger partial charge in [-0.1, -0.05) is 26.2 Å². The van der Waals surface area contributed by atoms with Crippen LogP contribution in [0.3, 0.4) is 0 Å². The van der Waals surface area contributed by atoms with Gasteiger partial charge < -0.3 is 10.0 Å². The molecular formula is C20H32F3N7O4. The van der Waals surface area contributed by atoms with Crippen molar-refractivity contribution >= 4 is 24.1 Å². The Labute approximate surface area is 195 Å². The first-order valence-electron chi connectivity index (χ1n) is 11.1. The number of nitrogens with zero attached hydrogens (tertiary/aromatic N) is 6. The molecule has 1 aromatic rings. The van der Waals surface area contributed by atoms with E-state index in [-0.39, 0.29) is 38.5 Å². The molecule has 14 heteroatoms. The maximum atomic E-state index is 13.6. The van der Waals surface area contributed by atoms with E-state index >= 15 is 0 Å². The highest BCUT2D eigenvalue weighted by molar-refractivity contribution is 5.92. The monoisotopic (exact) mass is 491 g/mol. The van der Waals surface area contributed by atoms with E-state index < -0.39 is 29.5 Å². The van der Waals surface area contributed by atoms with Crippen molar-refractivity contribution in [3.63, 3.8) is 0 Å². The second kappa shape index (κ2) is 12.8. The van der Waals surface area contributed by atoms with Crippen molar-refractivity contribution in [1.82, 2.24) is 19.9 Å². The number of rotatable bonds is 12. The van der Waals surface area contributed by atoms with Crippen molar-refractivity contribution in [2.45, 2.75) is 38.8 Å². The lowest BCUT2D eigenvalue weighted by molar-refractivity contribution is -0.154. The molecular weight excluding hydrogens is 459 g/mol. The maximum absolute atomic E-state index is 13.6. The largest absolute Gasteiger partial charge is 0.421 e. The number of aliphatic hydroxyl groups is 1. The fraction of sp³-hybridized carbons (Fsp3) is 0.700. The molecule has 2 rings (SSSR count). The van der Waals surface area contributed by atoms with Gasteiger partial charge in [-0.2, -0.15) is 18.2 Å². The van der Waals surface area contributed by atoms with Crippen molar-refractivity contribution in [2.24, 2.45) is 11.8 Å². The summed E-state index contributed by atoms with van der Waals surface area (Å²) in [6.45, 7) is 3.34. The number of nitrogens with two attached hydrogens (primary N) is 1. The average Bonchev–Trinajstić information content (AvgIpc) is 2.82. The summed E-state index contributed by atoms with van der Waals surface area (Å²) in [5.74, 6) is 3.50. The van der Waals surface area contributed by atoms with Crippen LogP contribution in [-0.2, 0) is 15.8 Å². The van der Waals surface area contributed by atoms with Crippen LogP contribution in [-0.4, -0.2) is 88.4 Å². The van der Waals surface area contributed by atoms with Crippen LogP contribution in [0.2, 0.25) is 0 Å². The molecule has 0 aliphatic carbocycles. The lowest BCUT2D eigenvalue weighted by Crippen LogP contribution is -2.49. The maximum Gasteiger partial charge on any atom is 0.421 e. The van der Waals surface area contributed by atoms with E-state index in [2.05, 4.69) is 9.97 Å². The molecule has 1 fully saturated rings. The first-order chi connectivity index (χ1) is 16.1. The smallest absolute Gasteiger partial charge is 0.395 e. The lowest BCUT2D eigenvalue weighted by atomic mass is 10.00. The van der Waals surface area contributed by atoms with E-state index in [1.807, 2.05) is 11.8 Å². The number of amides is 2. The Bertz CT molecular complexity index is 807. The molecule has 0 saturated carbocycles. The van der Waals surface area contributed by atoms with Crippen LogP contribution in [0.4, 0.5) is 24.9 Å². The van der Waals surface area contributed by atoms with Crippen LogP contribution in [0, 0.1) is 5.92 Å². The molecule has 0 unspecified atom stereocenters. The fourth-order valence-corrected chi connectivity index (χ4v) is 3.74. The topological polar surface area (TPSA) is 139 Å². The lowest BCUT2D eigenvalue weighted by Gasteiger charge is -2.36. The van der Waals surface area contributed by atoms with Crippen molar-refractivity contribution in [3.05, 3.63) is 11.8 Å². The molecule has 11 nitrogen and oxygen atoms in total. The third-order valence-electron chi connectivity index (χ3n) is 5.64. The highest BCUT2D eigenvalue weighted by Gasteiger charge is 2.38. The van der Waals surface area contributed by atoms with Gasteiger partial charge in [0.05, 0.1) is 19.1 Å². The minimum Gasteiger partial charge on any atom is -0.395 e. The zero-order valence-corrected chi connectivity index (χ0v) is 19.1. The molecule has 34 heavy (non-hydrogen) atoms. The number of halogens is 3. The molecule has 0 bridgehead atoms. The number of piperazine rings is 1. The van der Waals surface area contributed by atoms with E-state index in [0.29, 0.717) is 48.7 Å². The Balaban J connectivity index is 2.29. The number of carbonyl (C=O) groups excluding carboxylic acids is 2. The first-order valence-corrected chi connectivity index (χ1v) is 11.1. The molecule has 1 saturated heterocycles. The minimum absolute atomic E-state index is 0.0511. The highest BCUT2D eigenvalue weighted by Crippen LogP contribution is 2.36. The van der Waals surface area contributed by atoms with Gasteiger partial charge >= 0.3 is 6.18 Å². The van der Waals surface area contributed by atoms with E-state index in [0.717, 1.165) is 12.8 Å². The van der Waals surface area contributed by atoms with Gasteiger partial charge in [0.25, 0.3) is 0 Å². The van der Waals surface area contributed by atoms with E-state index in [1.54, 1.807) is 0 Å². The van der Waals surface area contributed by atoms with Crippen molar-refractivity contribution in [3.8, 4) is 0 Å². The summed E-state index contributed by atoms with van der Waals surface area (Å²) < 4.78 is 40.9. The van der Waals surface area contributed by atoms with Gasteiger partial charge in [-0.05, 0) is 6.42 Å². The second-order valence-corrected chi connectivity index (χ2v) is 8.09. The number of carbonyl (C=O) groups is 2. The van der Waals surface area contributed by atoms with Gasteiger partial charge in [0.1, 0.15) is 11.4 Å². The van der Waals surface area contributed by atoms with Gasteiger partial charge in [-0.25, -0.2) is 20.9 Å². The number of alkyl halides is 3. The minimum atomic E-state index is -4.72. The van der Waals surface area contributed by atoms with Crippen LogP contribution in [0.1, 0.15) is 38.2 Å². The summed E-state index contributed by atoms with van der Waals surface area (Å²) in [5.41, 5.74) is -1.05. The standard InChI is InChI=1S/C20H32F3N7O4/c1-2-3-4-5-15(13-29(34)14-32)18(33)30(24)19-25-12-16(20(21,22)23)17(26-19)28-8-6-27(7-9-28)10-11-31/h12,14-15,31,34H,2-11,13,24H2,1H3/t15-/m1/s1. The second-order valence-electron chi connectivity index (χ2n) is 8.09. The summed E-state index contributed by atoms with van der Waals surface area (Å²) in [6.07, 6.45) is -1.34. The van der Waals surface area contributed by atoms with E-state index in [1.165, 1.54) is 4.90 Å². The summed E-state index contributed by atoms with van der Waals surface area (Å²) in [6, 6.07) is 0. The normalized spacial score (nSPS) is 15.8. The third-order valence-corrected chi connectivity index (χ3v) is 5.64. The van der Waals surface area contributed by atoms with Gasteiger partial charge in [0, 0.05) is 38.9 Å². The number of aromatic nitrogens is 2. The van der Waals surface area contributed by atoms with Gasteiger partial charge in [0.2, 0.25) is 18.3 Å². The number of aliphatic hydroxyl groups excluding tert-OH is 1. The molecule has 0 aromatic carbocycles. The average molecular weight is 492 g/mol. The van der Waals surface area contributed by atoms with E-state index in [9.17, 15) is 28.0 Å². The predicted octanol–water partition coefficient (Wildman–Crippen LogP) is 0.861. The van der Waals surface area contributed by atoms with Crippen LogP contribution >= 0.6 is 0 Å². The summed E-state index contributed by atoms with van der Waals surface area (Å²) >= 11 is 0. The Morgan fingerprint density at radius 1 is 1.29 bits per heavy atom. The molecule has 4 N–H and O–H groups in total. The zero-order valence-electron chi connectivity index (χ0n) is 19.1. The Kier molecular flexibility index (Phi) is 10.4. The van der Waals surface area contributed by atoms with Crippen molar-refractivity contribution < 1.29 is 33.1 Å². The number of hydrazine groups is 1. The Morgan fingerprint density at radius 2 is 1.97 bits per heavy atom. The molecule has 2 amide bonds. The van der Waals surface area contributed by atoms with Crippen LogP contribution < -0.4 is 15.8 Å². The summed E-state index contributed by atoms with van der Waals surface area (Å²) in [5, 5.41) is 19.5. The Morgan fingerprint density at radius 3 is 2.53 bits per heavy atom. The fourth-order valence-electron chi connectivity index (χ4n) is 3.74. The summed E-state index contributed by atoms with van der Waals surface area (Å²) in [7, 11) is 0. The van der Waals surface area contributed by atoms with Crippen molar-refractivity contribution in [2.75, 3.05) is 55.8 Å². The van der Waals surface area contributed by atoms with E-state index in [4.69, 9.17) is 10.9 Å². The zero-order chi connectivity index (χ0) is 25.3. The number of hydrogen-bond donors (Lipinski definition) is 3. The van der Waals surface area contributed by atoms with Gasteiger partial charge in [0.15, 0.2) is 0 Å². The third kappa shape index (κ3) is 7.48. The Hall–Kier alpha value is -2.55. The SMILES string of the molecule is CCCCC[C@H](CN(O)C=O)C(=O)N(N)c1ncc(C(F)(F)F)c(N2CCN(CCO)CC2)n1. The van der Waals surface area contributed by atoms with Crippen molar-refractivity contribution in [1.29, 1.82) is 0 Å². The van der Waals surface area contributed by atoms with Crippen LogP contribution in [0.15, 0.2) is 6.20 Å². The number of hydroxylamine groups is 2. The molecule has 0 radical (unpaired) electrons. The number of anilines is 2. The van der Waals surface area contributed by atoms with Crippen LogP contribution in [0.25, 0.3) is 0 Å². The molecule has 1 aliphatic heterocycles. The number of β-amino-alcohol motifs (C(OH)–C–C–N with tert-alkyl or cyclic N) is 1. The molecule has 1 aliphatic rings. The predicted molar refractivity (Wildman–Crippen MR) is 117 cm³/mol. The molecule has 1 atom stereocenters.